The molecule has 0 fully saturated rings. The van der Waals surface area contributed by atoms with Crippen molar-refractivity contribution in [2.45, 2.75) is 58.7 Å². The molecule has 1 aromatic heterocycles. The average molecular weight is 266 g/mol. The Bertz CT molecular complexity index is 366. The molecule has 110 valence electrons. The van der Waals surface area contributed by atoms with Crippen molar-refractivity contribution in [1.82, 2.24) is 20.0 Å². The van der Waals surface area contributed by atoms with E-state index >= 15 is 0 Å². The van der Waals surface area contributed by atoms with Gasteiger partial charge in [0.25, 0.3) is 0 Å². The lowest BCUT2D eigenvalue weighted by molar-refractivity contribution is 0.0888. The van der Waals surface area contributed by atoms with E-state index in [1.54, 1.807) is 0 Å². The molecule has 1 N–H and O–H groups in total. The zero-order valence-electron chi connectivity index (χ0n) is 13.4. The van der Waals surface area contributed by atoms with E-state index in [2.05, 4.69) is 63.3 Å². The minimum Gasteiger partial charge on any atom is -0.309 e. The summed E-state index contributed by atoms with van der Waals surface area (Å²) in [4.78, 5) is 2.36. The summed E-state index contributed by atoms with van der Waals surface area (Å²) in [5.74, 6) is 0. The highest BCUT2D eigenvalue weighted by molar-refractivity contribution is 5.18. The lowest BCUT2D eigenvalue weighted by atomic mass is 9.80. The Morgan fingerprint density at radius 1 is 1.26 bits per heavy atom. The van der Waals surface area contributed by atoms with Gasteiger partial charge in [-0.25, -0.2) is 0 Å². The molecule has 0 radical (unpaired) electrons. The van der Waals surface area contributed by atoms with E-state index in [1.807, 2.05) is 10.9 Å². The zero-order valence-corrected chi connectivity index (χ0v) is 13.4. The molecule has 0 aliphatic heterocycles. The third kappa shape index (κ3) is 3.18. The van der Waals surface area contributed by atoms with Gasteiger partial charge in [-0.1, -0.05) is 20.8 Å². The summed E-state index contributed by atoms with van der Waals surface area (Å²) in [7, 11) is 4.36. The molecular formula is C15H30N4. The average Bonchev–Trinajstić information content (AvgIpc) is 2.87. The Morgan fingerprint density at radius 3 is 2.26 bits per heavy atom. The number of hydrogen-bond acceptors (Lipinski definition) is 3. The largest absolute Gasteiger partial charge is 0.309 e. The zero-order chi connectivity index (χ0) is 14.5. The smallest absolute Gasteiger partial charge is 0.0538 e. The van der Waals surface area contributed by atoms with E-state index in [1.165, 1.54) is 5.56 Å². The van der Waals surface area contributed by atoms with E-state index in [4.69, 9.17) is 0 Å². The summed E-state index contributed by atoms with van der Waals surface area (Å²) in [6.07, 6.45) is 6.42. The Morgan fingerprint density at radius 2 is 1.89 bits per heavy atom. The van der Waals surface area contributed by atoms with Gasteiger partial charge in [-0.15, -0.1) is 0 Å². The maximum absolute atomic E-state index is 4.44. The fraction of sp³-hybridized carbons (Fsp3) is 0.800. The maximum Gasteiger partial charge on any atom is 0.0538 e. The van der Waals surface area contributed by atoms with Crippen LogP contribution in [0.1, 0.15) is 52.1 Å². The van der Waals surface area contributed by atoms with Gasteiger partial charge < -0.3 is 10.2 Å². The lowest BCUT2D eigenvalue weighted by Gasteiger charge is -2.45. The van der Waals surface area contributed by atoms with Crippen molar-refractivity contribution in [2.24, 2.45) is 0 Å². The molecule has 0 aromatic carbocycles. The van der Waals surface area contributed by atoms with Crippen LogP contribution in [0.25, 0.3) is 0 Å². The Balaban J connectivity index is 3.16. The second-order valence-electron chi connectivity index (χ2n) is 5.33. The molecule has 0 saturated carbocycles. The van der Waals surface area contributed by atoms with E-state index in [0.717, 1.165) is 25.9 Å². The number of likely N-dealkylation sites (N-methyl/N-ethyl adjacent to an activating group) is 2. The Hall–Kier alpha value is -0.870. The quantitative estimate of drug-likeness (QED) is 0.785. The second kappa shape index (κ2) is 7.06. The number of rotatable bonds is 8. The molecule has 0 aliphatic rings. The van der Waals surface area contributed by atoms with Crippen LogP contribution in [-0.2, 0) is 6.54 Å². The van der Waals surface area contributed by atoms with Crippen LogP contribution in [0.15, 0.2) is 12.4 Å². The van der Waals surface area contributed by atoms with Crippen LogP contribution in [0.5, 0.6) is 0 Å². The summed E-state index contributed by atoms with van der Waals surface area (Å²) in [6.45, 7) is 10.7. The van der Waals surface area contributed by atoms with Gasteiger partial charge in [0, 0.05) is 23.8 Å². The first kappa shape index (κ1) is 16.2. The molecule has 4 nitrogen and oxygen atoms in total. The molecule has 0 bridgehead atoms. The summed E-state index contributed by atoms with van der Waals surface area (Å²) < 4.78 is 2.01. The fourth-order valence-corrected chi connectivity index (χ4v) is 3.07. The van der Waals surface area contributed by atoms with Crippen molar-refractivity contribution < 1.29 is 0 Å². The standard InChI is InChI=1S/C15H30N4/c1-7-15(8-2,18(5)6)14(16-9-3)13-11-17-19(10-4)12-13/h11-12,14,16H,7-10H2,1-6H3. The minimum absolute atomic E-state index is 0.137. The molecule has 0 amide bonds. The predicted molar refractivity (Wildman–Crippen MR) is 81.3 cm³/mol. The van der Waals surface area contributed by atoms with Gasteiger partial charge in [-0.3, -0.25) is 4.68 Å². The highest BCUT2D eigenvalue weighted by Gasteiger charge is 2.38. The Labute approximate surface area is 118 Å². The van der Waals surface area contributed by atoms with Gasteiger partial charge in [0.15, 0.2) is 0 Å². The molecule has 0 saturated heterocycles. The predicted octanol–water partition coefficient (Wildman–Crippen LogP) is 2.67. The second-order valence-corrected chi connectivity index (χ2v) is 5.33. The lowest BCUT2D eigenvalue weighted by Crippen LogP contribution is -2.53. The third-order valence-corrected chi connectivity index (χ3v) is 4.37. The first-order valence-electron chi connectivity index (χ1n) is 7.48. The first-order valence-corrected chi connectivity index (χ1v) is 7.48. The van der Waals surface area contributed by atoms with E-state index < -0.39 is 0 Å². The molecule has 4 heteroatoms. The summed E-state index contributed by atoms with van der Waals surface area (Å²) >= 11 is 0. The first-order chi connectivity index (χ1) is 9.05. The van der Waals surface area contributed by atoms with Gasteiger partial charge in [-0.05, 0) is 40.4 Å². The summed E-state index contributed by atoms with van der Waals surface area (Å²) in [5, 5.41) is 8.10. The summed E-state index contributed by atoms with van der Waals surface area (Å²) in [6, 6.07) is 0.322. The van der Waals surface area contributed by atoms with Crippen LogP contribution < -0.4 is 5.32 Å². The SMILES string of the molecule is CCNC(c1cnn(CC)c1)C(CC)(CC)N(C)C. The molecule has 1 rings (SSSR count). The van der Waals surface area contributed by atoms with Crippen molar-refractivity contribution in [2.75, 3.05) is 20.6 Å². The maximum atomic E-state index is 4.44. The van der Waals surface area contributed by atoms with Gasteiger partial charge in [0.1, 0.15) is 0 Å². The number of hydrogen-bond donors (Lipinski definition) is 1. The van der Waals surface area contributed by atoms with Crippen LogP contribution in [0.3, 0.4) is 0 Å². The molecule has 0 spiro atoms. The number of nitrogens with one attached hydrogen (secondary N) is 1. The molecular weight excluding hydrogens is 236 g/mol. The van der Waals surface area contributed by atoms with Crippen molar-refractivity contribution in [3.63, 3.8) is 0 Å². The monoisotopic (exact) mass is 266 g/mol. The summed E-state index contributed by atoms with van der Waals surface area (Å²) in [5.41, 5.74) is 1.43. The van der Waals surface area contributed by atoms with Crippen molar-refractivity contribution >= 4 is 0 Å². The van der Waals surface area contributed by atoms with Gasteiger partial charge in [-0.2, -0.15) is 5.10 Å². The van der Waals surface area contributed by atoms with Gasteiger partial charge in [0.2, 0.25) is 0 Å². The van der Waals surface area contributed by atoms with E-state index in [0.29, 0.717) is 6.04 Å². The van der Waals surface area contributed by atoms with Gasteiger partial charge in [0.05, 0.1) is 12.2 Å². The molecule has 1 unspecified atom stereocenters. The van der Waals surface area contributed by atoms with Crippen molar-refractivity contribution in [3.05, 3.63) is 18.0 Å². The van der Waals surface area contributed by atoms with Crippen LogP contribution in [-0.4, -0.2) is 40.9 Å². The van der Waals surface area contributed by atoms with Gasteiger partial charge >= 0.3 is 0 Å². The van der Waals surface area contributed by atoms with Crippen molar-refractivity contribution in [1.29, 1.82) is 0 Å². The third-order valence-electron chi connectivity index (χ3n) is 4.37. The molecule has 19 heavy (non-hydrogen) atoms. The normalized spacial score (nSPS) is 14.1. The van der Waals surface area contributed by atoms with Crippen LogP contribution in [0, 0.1) is 0 Å². The van der Waals surface area contributed by atoms with Crippen LogP contribution in [0.2, 0.25) is 0 Å². The van der Waals surface area contributed by atoms with E-state index in [-0.39, 0.29) is 5.54 Å². The topological polar surface area (TPSA) is 33.1 Å². The number of aromatic nitrogens is 2. The molecule has 0 aliphatic carbocycles. The number of aryl methyl sites for hydroxylation is 1. The van der Waals surface area contributed by atoms with Crippen LogP contribution >= 0.6 is 0 Å². The number of nitrogens with zero attached hydrogens (tertiary/aromatic N) is 3. The molecule has 1 atom stereocenters. The minimum atomic E-state index is 0.137. The highest BCUT2D eigenvalue weighted by atomic mass is 15.3. The van der Waals surface area contributed by atoms with Crippen molar-refractivity contribution in [3.8, 4) is 0 Å². The fourth-order valence-electron chi connectivity index (χ4n) is 3.07. The van der Waals surface area contributed by atoms with E-state index in [9.17, 15) is 0 Å². The molecule has 1 aromatic rings. The van der Waals surface area contributed by atoms with Crippen LogP contribution in [0.4, 0.5) is 0 Å². The Kier molecular flexibility index (Phi) is 6.01. The highest BCUT2D eigenvalue weighted by Crippen LogP contribution is 2.35. The molecule has 1 heterocycles.